The Morgan fingerprint density at radius 1 is 1.12 bits per heavy atom. The molecule has 1 aliphatic rings. The predicted molar refractivity (Wildman–Crippen MR) is 95.7 cm³/mol. The maximum atomic E-state index is 5.86. The second-order valence-electron chi connectivity index (χ2n) is 6.33. The molecule has 0 unspecified atom stereocenters. The third kappa shape index (κ3) is 3.46. The van der Waals surface area contributed by atoms with Crippen LogP contribution in [0.2, 0.25) is 0 Å². The minimum atomic E-state index is 0.268. The number of benzene rings is 1. The molecule has 0 saturated heterocycles. The van der Waals surface area contributed by atoms with Gasteiger partial charge in [0.05, 0.1) is 17.9 Å². The number of oxazole rings is 1. The molecule has 4 rings (SSSR count). The number of hydrogen-bond acceptors (Lipinski definition) is 7. The highest BCUT2D eigenvalue weighted by atomic mass is 16.3. The quantitative estimate of drug-likeness (QED) is 0.655. The van der Waals surface area contributed by atoms with Crippen LogP contribution in [-0.4, -0.2) is 21.0 Å². The van der Waals surface area contributed by atoms with Crippen molar-refractivity contribution in [2.45, 2.75) is 31.3 Å². The number of aromatic nitrogens is 3. The molecule has 0 atom stereocenters. The van der Waals surface area contributed by atoms with Crippen LogP contribution in [0.1, 0.15) is 30.1 Å². The molecule has 128 valence electrons. The van der Waals surface area contributed by atoms with Gasteiger partial charge in [0.2, 0.25) is 11.8 Å². The van der Waals surface area contributed by atoms with Gasteiger partial charge in [0.1, 0.15) is 12.1 Å². The lowest BCUT2D eigenvalue weighted by Crippen LogP contribution is -2.35. The van der Waals surface area contributed by atoms with Crippen LogP contribution < -0.4 is 16.8 Å². The number of nitrogens with one attached hydrogen (secondary N) is 1. The van der Waals surface area contributed by atoms with Crippen molar-refractivity contribution in [1.29, 1.82) is 0 Å². The summed E-state index contributed by atoms with van der Waals surface area (Å²) in [5.41, 5.74) is 14.4. The van der Waals surface area contributed by atoms with E-state index in [1.165, 1.54) is 0 Å². The highest BCUT2D eigenvalue weighted by Gasteiger charge is 2.29. The Labute approximate surface area is 145 Å². The molecule has 0 radical (unpaired) electrons. The van der Waals surface area contributed by atoms with Gasteiger partial charge in [0, 0.05) is 23.6 Å². The fourth-order valence-corrected chi connectivity index (χ4v) is 2.97. The van der Waals surface area contributed by atoms with Gasteiger partial charge in [-0.05, 0) is 25.0 Å². The molecule has 1 fully saturated rings. The Morgan fingerprint density at radius 3 is 2.68 bits per heavy atom. The van der Waals surface area contributed by atoms with Crippen molar-refractivity contribution < 1.29 is 4.42 Å². The standard InChI is InChI=1S/C18H20N6O/c19-13-6-12(7-13)15-8-16(24-18(20)23-15)21-9-14-10-25-17(22-14)11-4-2-1-3-5-11/h1-5,8,10,12-13H,6-7,9,19H2,(H3,20,21,23,24). The van der Waals surface area contributed by atoms with Gasteiger partial charge >= 0.3 is 0 Å². The highest BCUT2D eigenvalue weighted by Crippen LogP contribution is 2.35. The van der Waals surface area contributed by atoms with Gasteiger partial charge in [-0.3, -0.25) is 0 Å². The average molecular weight is 336 g/mol. The number of anilines is 2. The van der Waals surface area contributed by atoms with Crippen molar-refractivity contribution >= 4 is 11.8 Å². The van der Waals surface area contributed by atoms with E-state index in [2.05, 4.69) is 20.3 Å². The third-order valence-corrected chi connectivity index (χ3v) is 4.38. The van der Waals surface area contributed by atoms with Crippen LogP contribution in [-0.2, 0) is 6.54 Å². The van der Waals surface area contributed by atoms with Crippen molar-refractivity contribution in [3.05, 3.63) is 54.0 Å². The van der Waals surface area contributed by atoms with E-state index < -0.39 is 0 Å². The molecular weight excluding hydrogens is 316 g/mol. The number of hydrogen-bond donors (Lipinski definition) is 3. The lowest BCUT2D eigenvalue weighted by Gasteiger charge is -2.32. The van der Waals surface area contributed by atoms with E-state index in [1.54, 1.807) is 6.26 Å². The van der Waals surface area contributed by atoms with E-state index in [1.807, 2.05) is 36.4 Å². The van der Waals surface area contributed by atoms with Gasteiger partial charge in [-0.15, -0.1) is 0 Å². The minimum Gasteiger partial charge on any atom is -0.444 e. The van der Waals surface area contributed by atoms with Gasteiger partial charge in [0.25, 0.3) is 0 Å². The van der Waals surface area contributed by atoms with Gasteiger partial charge in [0.15, 0.2) is 0 Å². The molecule has 5 N–H and O–H groups in total. The van der Waals surface area contributed by atoms with E-state index in [4.69, 9.17) is 15.9 Å². The molecule has 1 aliphatic carbocycles. The summed E-state index contributed by atoms with van der Waals surface area (Å²) in [6.45, 7) is 0.496. The Bertz CT molecular complexity index is 857. The second-order valence-corrected chi connectivity index (χ2v) is 6.33. The summed E-state index contributed by atoms with van der Waals surface area (Å²) in [5.74, 6) is 1.93. The summed E-state index contributed by atoms with van der Waals surface area (Å²) in [5, 5.41) is 3.24. The maximum absolute atomic E-state index is 5.86. The zero-order valence-electron chi connectivity index (χ0n) is 13.7. The van der Waals surface area contributed by atoms with Crippen LogP contribution in [0.4, 0.5) is 11.8 Å². The summed E-state index contributed by atoms with van der Waals surface area (Å²) in [4.78, 5) is 13.1. The fraction of sp³-hybridized carbons (Fsp3) is 0.278. The Hall–Kier alpha value is -2.93. The van der Waals surface area contributed by atoms with Crippen molar-refractivity contribution in [3.63, 3.8) is 0 Å². The monoisotopic (exact) mass is 336 g/mol. The molecule has 1 saturated carbocycles. The van der Waals surface area contributed by atoms with E-state index >= 15 is 0 Å². The van der Waals surface area contributed by atoms with Crippen LogP contribution in [0, 0.1) is 0 Å². The minimum absolute atomic E-state index is 0.268. The first kappa shape index (κ1) is 15.6. The van der Waals surface area contributed by atoms with Crippen LogP contribution in [0.3, 0.4) is 0 Å². The number of rotatable bonds is 5. The molecule has 1 aromatic carbocycles. The predicted octanol–water partition coefficient (Wildman–Crippen LogP) is 2.53. The summed E-state index contributed by atoms with van der Waals surface area (Å²) < 4.78 is 5.54. The van der Waals surface area contributed by atoms with Gasteiger partial charge in [-0.1, -0.05) is 18.2 Å². The lowest BCUT2D eigenvalue weighted by atomic mass is 9.78. The number of nitrogens with two attached hydrogens (primary N) is 2. The smallest absolute Gasteiger partial charge is 0.226 e. The van der Waals surface area contributed by atoms with Crippen LogP contribution in [0.25, 0.3) is 11.5 Å². The molecule has 0 amide bonds. The van der Waals surface area contributed by atoms with Crippen LogP contribution >= 0.6 is 0 Å². The zero-order chi connectivity index (χ0) is 17.2. The largest absolute Gasteiger partial charge is 0.444 e. The van der Waals surface area contributed by atoms with Crippen molar-refractivity contribution in [1.82, 2.24) is 15.0 Å². The fourth-order valence-electron chi connectivity index (χ4n) is 2.97. The lowest BCUT2D eigenvalue weighted by molar-refractivity contribution is 0.345. The molecule has 25 heavy (non-hydrogen) atoms. The van der Waals surface area contributed by atoms with Gasteiger partial charge in [-0.25, -0.2) is 9.97 Å². The Kier molecular flexibility index (Phi) is 4.07. The maximum Gasteiger partial charge on any atom is 0.226 e. The Morgan fingerprint density at radius 2 is 1.92 bits per heavy atom. The SMILES string of the molecule is Nc1nc(NCc2coc(-c3ccccc3)n2)cc(C2CC(N)C2)n1. The van der Waals surface area contributed by atoms with Gasteiger partial charge < -0.3 is 21.2 Å². The number of nitrogen functional groups attached to an aromatic ring is 1. The van der Waals surface area contributed by atoms with Crippen LogP contribution in [0.5, 0.6) is 0 Å². The van der Waals surface area contributed by atoms with E-state index in [-0.39, 0.29) is 12.0 Å². The molecule has 7 nitrogen and oxygen atoms in total. The summed E-state index contributed by atoms with van der Waals surface area (Å²) in [6, 6.07) is 12.0. The molecule has 2 heterocycles. The van der Waals surface area contributed by atoms with Crippen molar-refractivity contribution in [3.8, 4) is 11.5 Å². The zero-order valence-corrected chi connectivity index (χ0v) is 13.7. The molecule has 7 heteroatoms. The Balaban J connectivity index is 1.44. The summed E-state index contributed by atoms with van der Waals surface area (Å²) in [6.07, 6.45) is 3.53. The van der Waals surface area contributed by atoms with E-state index in [0.29, 0.717) is 24.2 Å². The summed E-state index contributed by atoms with van der Waals surface area (Å²) in [7, 11) is 0. The van der Waals surface area contributed by atoms with Crippen molar-refractivity contribution in [2.24, 2.45) is 5.73 Å². The second kappa shape index (κ2) is 6.52. The topological polar surface area (TPSA) is 116 Å². The van der Waals surface area contributed by atoms with Crippen LogP contribution in [0.15, 0.2) is 47.1 Å². The van der Waals surface area contributed by atoms with E-state index in [9.17, 15) is 0 Å². The molecule has 3 aromatic rings. The first-order valence-electron chi connectivity index (χ1n) is 8.31. The molecule has 2 aromatic heterocycles. The summed E-state index contributed by atoms with van der Waals surface area (Å²) >= 11 is 0. The molecular formula is C18H20N6O. The average Bonchev–Trinajstić information content (AvgIpc) is 3.06. The first-order chi connectivity index (χ1) is 12.2. The van der Waals surface area contributed by atoms with Gasteiger partial charge in [-0.2, -0.15) is 4.98 Å². The molecule has 0 spiro atoms. The van der Waals surface area contributed by atoms with E-state index in [0.717, 1.165) is 29.8 Å². The normalized spacial score (nSPS) is 19.4. The highest BCUT2D eigenvalue weighted by molar-refractivity contribution is 5.52. The first-order valence-corrected chi connectivity index (χ1v) is 8.31. The molecule has 0 aliphatic heterocycles. The third-order valence-electron chi connectivity index (χ3n) is 4.38. The number of nitrogens with zero attached hydrogens (tertiary/aromatic N) is 3. The molecule has 0 bridgehead atoms. The van der Waals surface area contributed by atoms with Crippen molar-refractivity contribution in [2.75, 3.05) is 11.1 Å².